The summed E-state index contributed by atoms with van der Waals surface area (Å²) in [5.74, 6) is 1.41. The van der Waals surface area contributed by atoms with Crippen LogP contribution in [-0.2, 0) is 13.6 Å². The van der Waals surface area contributed by atoms with Gasteiger partial charge in [-0.15, -0.1) is 0 Å². The van der Waals surface area contributed by atoms with E-state index in [1.165, 1.54) is 12.8 Å². The Morgan fingerprint density at radius 2 is 2.03 bits per heavy atom. The van der Waals surface area contributed by atoms with E-state index in [-0.39, 0.29) is 5.82 Å². The molecule has 5 rings (SSSR count). The summed E-state index contributed by atoms with van der Waals surface area (Å²) in [5.41, 5.74) is 3.51. The van der Waals surface area contributed by atoms with E-state index in [4.69, 9.17) is 4.98 Å². The molecular weight excluding hydrogens is 379 g/mol. The van der Waals surface area contributed by atoms with Crippen LogP contribution in [0.25, 0.3) is 22.4 Å². The van der Waals surface area contributed by atoms with E-state index in [0.29, 0.717) is 29.5 Å². The zero-order valence-corrected chi connectivity index (χ0v) is 17.5. The van der Waals surface area contributed by atoms with Crippen molar-refractivity contribution in [3.63, 3.8) is 0 Å². The summed E-state index contributed by atoms with van der Waals surface area (Å²) in [6.07, 6.45) is 6.15. The Labute approximate surface area is 175 Å². The van der Waals surface area contributed by atoms with Crippen LogP contribution in [0.5, 0.6) is 0 Å². The van der Waals surface area contributed by atoms with Gasteiger partial charge in [0.15, 0.2) is 5.82 Å². The lowest BCUT2D eigenvalue weighted by Gasteiger charge is -2.22. The Bertz CT molecular complexity index is 1210. The Kier molecular flexibility index (Phi) is 4.53. The molecule has 1 unspecified atom stereocenters. The van der Waals surface area contributed by atoms with Crippen LogP contribution in [-0.4, -0.2) is 36.9 Å². The highest BCUT2D eigenvalue weighted by atomic mass is 19.1. The zero-order valence-electron chi connectivity index (χ0n) is 17.5. The molecule has 30 heavy (non-hydrogen) atoms. The van der Waals surface area contributed by atoms with E-state index in [1.54, 1.807) is 17.7 Å². The van der Waals surface area contributed by atoms with Gasteiger partial charge in [-0.1, -0.05) is 6.07 Å². The Morgan fingerprint density at radius 3 is 2.70 bits per heavy atom. The van der Waals surface area contributed by atoms with Gasteiger partial charge in [0.05, 0.1) is 17.8 Å². The molecule has 0 radical (unpaired) electrons. The van der Waals surface area contributed by atoms with Crippen LogP contribution in [0.3, 0.4) is 0 Å². The molecule has 1 fully saturated rings. The van der Waals surface area contributed by atoms with E-state index in [2.05, 4.69) is 21.9 Å². The number of imidazole rings is 1. The second-order valence-corrected chi connectivity index (χ2v) is 8.16. The SMILES string of the molecule is Cc1ccc2c(nc(-c3ccc(N4CCCC4C)nc3)n2Cc2ccn(C)n2)c1F. The number of anilines is 1. The van der Waals surface area contributed by atoms with Crippen molar-refractivity contribution in [3.05, 3.63) is 59.8 Å². The quantitative estimate of drug-likeness (QED) is 0.508. The number of rotatable bonds is 4. The molecule has 1 aliphatic rings. The Balaban J connectivity index is 1.60. The van der Waals surface area contributed by atoms with Crippen LogP contribution < -0.4 is 4.90 Å². The number of fused-ring (bicyclic) bond motifs is 1. The topological polar surface area (TPSA) is 51.8 Å². The number of benzene rings is 1. The van der Waals surface area contributed by atoms with Crippen molar-refractivity contribution in [1.82, 2.24) is 24.3 Å². The van der Waals surface area contributed by atoms with Crippen LogP contribution in [0.2, 0.25) is 0 Å². The molecule has 1 aliphatic heterocycles. The number of pyridine rings is 1. The van der Waals surface area contributed by atoms with Gasteiger partial charge in [-0.3, -0.25) is 4.68 Å². The third-order valence-corrected chi connectivity index (χ3v) is 5.99. The normalized spacial score (nSPS) is 16.7. The molecule has 4 heterocycles. The van der Waals surface area contributed by atoms with Crippen molar-refractivity contribution in [3.8, 4) is 11.4 Å². The highest BCUT2D eigenvalue weighted by molar-refractivity contribution is 5.82. The van der Waals surface area contributed by atoms with E-state index in [9.17, 15) is 4.39 Å². The third-order valence-electron chi connectivity index (χ3n) is 5.99. The second-order valence-electron chi connectivity index (χ2n) is 8.16. The maximum atomic E-state index is 14.8. The van der Waals surface area contributed by atoms with E-state index < -0.39 is 0 Å². The fraction of sp³-hybridized carbons (Fsp3) is 0.348. The van der Waals surface area contributed by atoms with E-state index in [1.807, 2.05) is 48.3 Å². The summed E-state index contributed by atoms with van der Waals surface area (Å²) in [6, 6.07) is 10.3. The van der Waals surface area contributed by atoms with Crippen molar-refractivity contribution in [2.24, 2.45) is 7.05 Å². The summed E-state index contributed by atoms with van der Waals surface area (Å²) >= 11 is 0. The third kappa shape index (κ3) is 3.14. The minimum absolute atomic E-state index is 0.274. The zero-order chi connectivity index (χ0) is 20.8. The number of aromatic nitrogens is 5. The summed E-state index contributed by atoms with van der Waals surface area (Å²) in [5, 5.41) is 4.49. The first-order valence-electron chi connectivity index (χ1n) is 10.4. The fourth-order valence-corrected chi connectivity index (χ4v) is 4.31. The molecule has 1 aromatic carbocycles. The summed E-state index contributed by atoms with van der Waals surface area (Å²) in [4.78, 5) is 11.7. The predicted molar refractivity (Wildman–Crippen MR) is 116 cm³/mol. The molecule has 154 valence electrons. The second kappa shape index (κ2) is 7.23. The van der Waals surface area contributed by atoms with Gasteiger partial charge in [-0.05, 0) is 56.5 Å². The van der Waals surface area contributed by atoms with Gasteiger partial charge in [0, 0.05) is 37.6 Å². The lowest BCUT2D eigenvalue weighted by atomic mass is 10.2. The molecule has 0 saturated carbocycles. The number of halogens is 1. The molecular formula is C23H25FN6. The smallest absolute Gasteiger partial charge is 0.153 e. The average Bonchev–Trinajstić information content (AvgIpc) is 3.45. The lowest BCUT2D eigenvalue weighted by Crippen LogP contribution is -2.26. The molecule has 6 nitrogen and oxygen atoms in total. The van der Waals surface area contributed by atoms with Gasteiger partial charge < -0.3 is 9.47 Å². The monoisotopic (exact) mass is 404 g/mol. The van der Waals surface area contributed by atoms with Gasteiger partial charge in [-0.2, -0.15) is 5.10 Å². The maximum Gasteiger partial charge on any atom is 0.153 e. The van der Waals surface area contributed by atoms with Crippen LogP contribution >= 0.6 is 0 Å². The van der Waals surface area contributed by atoms with Gasteiger partial charge in [-0.25, -0.2) is 14.4 Å². The van der Waals surface area contributed by atoms with Crippen LogP contribution in [0.15, 0.2) is 42.7 Å². The summed E-state index contributed by atoms with van der Waals surface area (Å²) < 4.78 is 18.6. The van der Waals surface area contributed by atoms with Crippen LogP contribution in [0.4, 0.5) is 10.2 Å². The molecule has 1 atom stereocenters. The number of hydrogen-bond acceptors (Lipinski definition) is 4. The van der Waals surface area contributed by atoms with Crippen molar-refractivity contribution >= 4 is 16.9 Å². The summed E-state index contributed by atoms with van der Waals surface area (Å²) in [6.45, 7) is 5.55. The molecule has 0 bridgehead atoms. The largest absolute Gasteiger partial charge is 0.354 e. The highest BCUT2D eigenvalue weighted by Crippen LogP contribution is 2.30. The van der Waals surface area contributed by atoms with E-state index >= 15 is 0 Å². The molecule has 0 N–H and O–H groups in total. The number of nitrogens with zero attached hydrogens (tertiary/aromatic N) is 6. The van der Waals surface area contributed by atoms with Crippen molar-refractivity contribution in [2.75, 3.05) is 11.4 Å². The van der Waals surface area contributed by atoms with Crippen LogP contribution in [0.1, 0.15) is 31.0 Å². The Morgan fingerprint density at radius 1 is 1.17 bits per heavy atom. The minimum atomic E-state index is -0.274. The first-order valence-corrected chi connectivity index (χ1v) is 10.4. The minimum Gasteiger partial charge on any atom is -0.354 e. The molecule has 4 aromatic rings. The Hall–Kier alpha value is -3.22. The van der Waals surface area contributed by atoms with Crippen molar-refractivity contribution in [2.45, 2.75) is 39.3 Å². The van der Waals surface area contributed by atoms with Crippen LogP contribution in [0, 0.1) is 12.7 Å². The first kappa shape index (κ1) is 18.8. The molecule has 0 amide bonds. The van der Waals surface area contributed by atoms with Gasteiger partial charge in [0.2, 0.25) is 0 Å². The molecule has 0 spiro atoms. The number of hydrogen-bond donors (Lipinski definition) is 0. The van der Waals surface area contributed by atoms with Gasteiger partial charge in [0.25, 0.3) is 0 Å². The fourth-order valence-electron chi connectivity index (χ4n) is 4.31. The molecule has 3 aromatic heterocycles. The summed E-state index contributed by atoms with van der Waals surface area (Å²) in [7, 11) is 1.89. The van der Waals surface area contributed by atoms with Crippen molar-refractivity contribution < 1.29 is 4.39 Å². The average molecular weight is 404 g/mol. The molecule has 0 aliphatic carbocycles. The lowest BCUT2D eigenvalue weighted by molar-refractivity contribution is 0.628. The first-order chi connectivity index (χ1) is 14.5. The van der Waals surface area contributed by atoms with E-state index in [0.717, 1.165) is 29.1 Å². The number of aryl methyl sites for hydroxylation is 2. The predicted octanol–water partition coefficient (Wildman–Crippen LogP) is 4.32. The van der Waals surface area contributed by atoms with Gasteiger partial charge >= 0.3 is 0 Å². The standard InChI is InChI=1S/C23H25FN6/c1-15-6-8-19-22(21(15)24)26-23(30(19)14-18-10-12-28(3)27-18)17-7-9-20(25-13-17)29-11-4-5-16(29)2/h6-10,12-13,16H,4-5,11,14H2,1-3H3. The highest BCUT2D eigenvalue weighted by Gasteiger charge is 2.22. The van der Waals surface area contributed by atoms with Gasteiger partial charge in [0.1, 0.15) is 17.2 Å². The molecule has 7 heteroatoms. The maximum absolute atomic E-state index is 14.8. The van der Waals surface area contributed by atoms with Crippen molar-refractivity contribution in [1.29, 1.82) is 0 Å². The molecule has 1 saturated heterocycles.